The highest BCUT2D eigenvalue weighted by molar-refractivity contribution is 5.94. The zero-order valence-corrected chi connectivity index (χ0v) is 16.9. The fraction of sp³-hybridized carbons (Fsp3) is 0.240. The zero-order chi connectivity index (χ0) is 22.1. The Morgan fingerprint density at radius 3 is 2.16 bits per heavy atom. The third-order valence-electron chi connectivity index (χ3n) is 4.80. The molecule has 31 heavy (non-hydrogen) atoms. The molecule has 0 aliphatic carbocycles. The van der Waals surface area contributed by atoms with Gasteiger partial charge in [0.1, 0.15) is 0 Å². The zero-order valence-electron chi connectivity index (χ0n) is 16.9. The van der Waals surface area contributed by atoms with Crippen LogP contribution >= 0.6 is 0 Å². The van der Waals surface area contributed by atoms with Gasteiger partial charge in [0.2, 0.25) is 0 Å². The molecule has 0 saturated carbocycles. The third-order valence-corrected chi connectivity index (χ3v) is 4.80. The molecule has 0 spiro atoms. The molecule has 0 aromatic heterocycles. The van der Waals surface area contributed by atoms with Crippen molar-refractivity contribution in [3.05, 3.63) is 107 Å². The number of amides is 1. The van der Waals surface area contributed by atoms with Crippen LogP contribution in [0, 0.1) is 0 Å². The molecule has 3 aromatic carbocycles. The standard InChI is InChI=1S/C25H24F3NO2/c26-25(27,28)17-9-15-20-12-7-8-16-22(20)24(31-18-19-10-3-1-4-11-19)29-23(30)21-13-5-2-6-14-21/h1-8,10-14,16,24H,9,15,17-18H2,(H,29,30)/t24-/m0/s1. The number of nitrogens with one attached hydrogen (secondary N) is 1. The van der Waals surface area contributed by atoms with Crippen LogP contribution in [-0.2, 0) is 17.8 Å². The molecule has 0 bridgehead atoms. The van der Waals surface area contributed by atoms with E-state index in [1.807, 2.05) is 36.4 Å². The minimum Gasteiger partial charge on any atom is -0.349 e. The summed E-state index contributed by atoms with van der Waals surface area (Å²) in [6.45, 7) is 0.247. The van der Waals surface area contributed by atoms with Crippen molar-refractivity contribution in [1.82, 2.24) is 5.32 Å². The molecule has 0 saturated heterocycles. The molecule has 1 N–H and O–H groups in total. The van der Waals surface area contributed by atoms with Crippen LogP contribution in [0.4, 0.5) is 13.2 Å². The van der Waals surface area contributed by atoms with E-state index >= 15 is 0 Å². The summed E-state index contributed by atoms with van der Waals surface area (Å²) in [6.07, 6.45) is -5.64. The van der Waals surface area contributed by atoms with Crippen LogP contribution in [-0.4, -0.2) is 12.1 Å². The molecule has 1 atom stereocenters. The monoisotopic (exact) mass is 427 g/mol. The summed E-state index contributed by atoms with van der Waals surface area (Å²) in [6, 6.07) is 25.3. The van der Waals surface area contributed by atoms with Gasteiger partial charge in [-0.3, -0.25) is 4.79 Å². The van der Waals surface area contributed by atoms with E-state index in [1.165, 1.54) is 0 Å². The minimum absolute atomic E-state index is 0.0292. The van der Waals surface area contributed by atoms with E-state index in [2.05, 4.69) is 5.32 Å². The maximum atomic E-state index is 12.8. The van der Waals surface area contributed by atoms with E-state index in [0.717, 1.165) is 11.1 Å². The number of hydrogen-bond donors (Lipinski definition) is 1. The van der Waals surface area contributed by atoms with Crippen molar-refractivity contribution in [2.75, 3.05) is 0 Å². The highest BCUT2D eigenvalue weighted by Gasteiger charge is 2.26. The summed E-state index contributed by atoms with van der Waals surface area (Å²) < 4.78 is 43.9. The second-order valence-electron chi connectivity index (χ2n) is 7.18. The Labute approximate surface area is 179 Å². The van der Waals surface area contributed by atoms with Gasteiger partial charge < -0.3 is 10.1 Å². The molecule has 3 aromatic rings. The summed E-state index contributed by atoms with van der Waals surface area (Å²) in [5, 5.41) is 2.88. The first kappa shape index (κ1) is 22.6. The van der Waals surface area contributed by atoms with Crippen molar-refractivity contribution >= 4 is 5.91 Å². The first-order chi connectivity index (χ1) is 14.9. The van der Waals surface area contributed by atoms with Gasteiger partial charge in [-0.05, 0) is 36.1 Å². The van der Waals surface area contributed by atoms with Crippen molar-refractivity contribution in [3.8, 4) is 0 Å². The van der Waals surface area contributed by atoms with Crippen molar-refractivity contribution in [3.63, 3.8) is 0 Å². The van der Waals surface area contributed by atoms with Crippen LogP contribution in [0.1, 0.15) is 46.1 Å². The number of aryl methyl sites for hydroxylation is 1. The summed E-state index contributed by atoms with van der Waals surface area (Å²) in [5.41, 5.74) is 2.78. The fourth-order valence-electron chi connectivity index (χ4n) is 3.25. The molecule has 0 heterocycles. The lowest BCUT2D eigenvalue weighted by atomic mass is 10.00. The molecule has 1 amide bonds. The van der Waals surface area contributed by atoms with Crippen molar-refractivity contribution < 1.29 is 22.7 Å². The van der Waals surface area contributed by atoms with Gasteiger partial charge in [0, 0.05) is 17.5 Å². The average Bonchev–Trinajstić information content (AvgIpc) is 2.77. The topological polar surface area (TPSA) is 38.3 Å². The smallest absolute Gasteiger partial charge is 0.349 e. The Morgan fingerprint density at radius 1 is 0.871 bits per heavy atom. The Hall–Kier alpha value is -3.12. The second-order valence-corrected chi connectivity index (χ2v) is 7.18. The number of rotatable bonds is 9. The van der Waals surface area contributed by atoms with Crippen LogP contribution < -0.4 is 5.32 Å². The number of halogens is 3. The van der Waals surface area contributed by atoms with Crippen LogP contribution in [0.15, 0.2) is 84.9 Å². The number of benzene rings is 3. The van der Waals surface area contributed by atoms with E-state index in [0.29, 0.717) is 11.1 Å². The van der Waals surface area contributed by atoms with Gasteiger partial charge in [0.15, 0.2) is 6.23 Å². The lowest BCUT2D eigenvalue weighted by molar-refractivity contribution is -0.135. The molecular weight excluding hydrogens is 403 g/mol. The summed E-state index contributed by atoms with van der Waals surface area (Å²) >= 11 is 0. The number of ether oxygens (including phenoxy) is 1. The molecule has 0 fully saturated rings. The summed E-state index contributed by atoms with van der Waals surface area (Å²) in [4.78, 5) is 12.8. The predicted octanol–water partition coefficient (Wildman–Crippen LogP) is 6.22. The molecule has 3 rings (SSSR count). The molecule has 0 radical (unpaired) electrons. The second kappa shape index (κ2) is 10.8. The number of alkyl halides is 3. The minimum atomic E-state index is -4.19. The van der Waals surface area contributed by atoms with Gasteiger partial charge in [-0.15, -0.1) is 0 Å². The predicted molar refractivity (Wildman–Crippen MR) is 113 cm³/mol. The average molecular weight is 427 g/mol. The van der Waals surface area contributed by atoms with Crippen molar-refractivity contribution in [1.29, 1.82) is 0 Å². The number of carbonyl (C=O) groups excluding carboxylic acids is 1. The molecule has 162 valence electrons. The lowest BCUT2D eigenvalue weighted by Gasteiger charge is -2.23. The third kappa shape index (κ3) is 7.26. The Morgan fingerprint density at radius 2 is 1.48 bits per heavy atom. The van der Waals surface area contributed by atoms with Gasteiger partial charge >= 0.3 is 6.18 Å². The Kier molecular flexibility index (Phi) is 7.84. The Bertz CT molecular complexity index is 959. The normalized spacial score (nSPS) is 12.4. The first-order valence-corrected chi connectivity index (χ1v) is 10.1. The van der Waals surface area contributed by atoms with Crippen LogP contribution in [0.5, 0.6) is 0 Å². The lowest BCUT2D eigenvalue weighted by Crippen LogP contribution is -2.31. The van der Waals surface area contributed by atoms with E-state index in [-0.39, 0.29) is 25.4 Å². The number of carbonyl (C=O) groups is 1. The van der Waals surface area contributed by atoms with E-state index in [9.17, 15) is 18.0 Å². The molecule has 3 nitrogen and oxygen atoms in total. The van der Waals surface area contributed by atoms with Crippen molar-refractivity contribution in [2.45, 2.75) is 38.3 Å². The summed E-state index contributed by atoms with van der Waals surface area (Å²) in [7, 11) is 0. The maximum Gasteiger partial charge on any atom is 0.389 e. The van der Waals surface area contributed by atoms with Crippen molar-refractivity contribution in [2.24, 2.45) is 0 Å². The maximum absolute atomic E-state index is 12.8. The molecular formula is C25H24F3NO2. The molecule has 6 heteroatoms. The van der Waals surface area contributed by atoms with E-state index in [1.54, 1.807) is 48.5 Å². The van der Waals surface area contributed by atoms with E-state index in [4.69, 9.17) is 4.74 Å². The van der Waals surface area contributed by atoms with Gasteiger partial charge in [-0.2, -0.15) is 13.2 Å². The largest absolute Gasteiger partial charge is 0.389 e. The Balaban J connectivity index is 1.80. The van der Waals surface area contributed by atoms with Gasteiger partial charge in [0.25, 0.3) is 5.91 Å². The first-order valence-electron chi connectivity index (χ1n) is 10.1. The quantitative estimate of drug-likeness (QED) is 0.412. The molecule has 0 aliphatic rings. The van der Waals surface area contributed by atoms with Crippen LogP contribution in [0.2, 0.25) is 0 Å². The number of hydrogen-bond acceptors (Lipinski definition) is 2. The molecule has 0 aliphatic heterocycles. The van der Waals surface area contributed by atoms with Gasteiger partial charge in [0.05, 0.1) is 6.61 Å². The molecule has 0 unspecified atom stereocenters. The summed E-state index contributed by atoms with van der Waals surface area (Å²) in [5.74, 6) is -0.316. The fourth-order valence-corrected chi connectivity index (χ4v) is 3.25. The highest BCUT2D eigenvalue weighted by atomic mass is 19.4. The van der Waals surface area contributed by atoms with Gasteiger partial charge in [-0.25, -0.2) is 0 Å². The van der Waals surface area contributed by atoms with Crippen LogP contribution in [0.3, 0.4) is 0 Å². The van der Waals surface area contributed by atoms with Gasteiger partial charge in [-0.1, -0.05) is 72.8 Å². The SMILES string of the molecule is O=C(N[C@@H](OCc1ccccc1)c1ccccc1CCCC(F)(F)F)c1ccccc1. The van der Waals surface area contributed by atoms with E-state index < -0.39 is 18.8 Å². The highest BCUT2D eigenvalue weighted by Crippen LogP contribution is 2.26. The van der Waals surface area contributed by atoms with Crippen LogP contribution in [0.25, 0.3) is 0 Å².